The maximum absolute atomic E-state index is 12.1. The Bertz CT molecular complexity index is 755. The van der Waals surface area contributed by atoms with Crippen LogP contribution in [0.4, 0.5) is 13.2 Å². The summed E-state index contributed by atoms with van der Waals surface area (Å²) in [5.74, 6) is 0.707. The molecule has 0 aliphatic rings. The summed E-state index contributed by atoms with van der Waals surface area (Å²) in [5.41, 5.74) is 0.820. The summed E-state index contributed by atoms with van der Waals surface area (Å²) < 4.78 is 45.6. The van der Waals surface area contributed by atoms with E-state index in [1.165, 1.54) is 35.2 Å². The van der Waals surface area contributed by atoms with Crippen molar-refractivity contribution in [2.24, 2.45) is 0 Å². The minimum absolute atomic E-state index is 0.246. The van der Waals surface area contributed by atoms with Gasteiger partial charge in [0.25, 0.3) is 11.1 Å². The van der Waals surface area contributed by atoms with Gasteiger partial charge in [-0.2, -0.15) is 0 Å². The van der Waals surface area contributed by atoms with E-state index in [0.29, 0.717) is 16.9 Å². The second-order valence-electron chi connectivity index (χ2n) is 4.33. The van der Waals surface area contributed by atoms with Gasteiger partial charge >= 0.3 is 6.36 Å². The highest BCUT2D eigenvalue weighted by atomic mass is 32.2. The monoisotopic (exact) mass is 358 g/mol. The molecule has 0 bridgehead atoms. The minimum Gasteiger partial charge on any atom is -0.410 e. The minimum atomic E-state index is -4.68. The van der Waals surface area contributed by atoms with Gasteiger partial charge in [-0.1, -0.05) is 30.0 Å². The molecule has 2 aromatic heterocycles. The Hall–Kier alpha value is -2.00. The van der Waals surface area contributed by atoms with Crippen LogP contribution < -0.4 is 4.74 Å². The SMILES string of the molecule is FC(F)(F)Oc1ccc(CSc2nnc(-c3cccs3)o2)cc1. The highest BCUT2D eigenvalue weighted by molar-refractivity contribution is 7.98. The lowest BCUT2D eigenvalue weighted by Gasteiger charge is -2.08. The number of alkyl halides is 3. The predicted octanol–water partition coefficient (Wildman–Crippen LogP) is 4.99. The number of aromatic nitrogens is 2. The summed E-state index contributed by atoms with van der Waals surface area (Å²) >= 11 is 2.81. The highest BCUT2D eigenvalue weighted by Gasteiger charge is 2.30. The van der Waals surface area contributed by atoms with E-state index in [0.717, 1.165) is 10.4 Å². The van der Waals surface area contributed by atoms with Gasteiger partial charge in [0.15, 0.2) is 0 Å². The molecule has 0 radical (unpaired) electrons. The van der Waals surface area contributed by atoms with Crippen LogP contribution >= 0.6 is 23.1 Å². The third-order valence-electron chi connectivity index (χ3n) is 2.66. The fourth-order valence-electron chi connectivity index (χ4n) is 1.70. The van der Waals surface area contributed by atoms with E-state index >= 15 is 0 Å². The van der Waals surface area contributed by atoms with E-state index in [9.17, 15) is 13.2 Å². The Morgan fingerprint density at radius 1 is 1.13 bits per heavy atom. The zero-order valence-electron chi connectivity index (χ0n) is 11.4. The summed E-state index contributed by atoms with van der Waals surface area (Å²) in [4.78, 5) is 0.887. The lowest BCUT2D eigenvalue weighted by atomic mass is 10.2. The van der Waals surface area contributed by atoms with Crippen LogP contribution in [0.3, 0.4) is 0 Å². The molecular formula is C14H9F3N2O2S2. The maximum Gasteiger partial charge on any atom is 0.573 e. The van der Waals surface area contributed by atoms with Gasteiger partial charge in [0, 0.05) is 5.75 Å². The molecule has 0 fully saturated rings. The molecule has 120 valence electrons. The topological polar surface area (TPSA) is 48.2 Å². The Balaban J connectivity index is 1.58. The average Bonchev–Trinajstić information content (AvgIpc) is 3.16. The fourth-order valence-corrected chi connectivity index (χ4v) is 3.06. The number of thiophene rings is 1. The number of ether oxygens (including phenoxy) is 1. The molecule has 0 aliphatic heterocycles. The van der Waals surface area contributed by atoms with Gasteiger partial charge < -0.3 is 9.15 Å². The first kappa shape index (κ1) is 15.9. The second kappa shape index (κ2) is 6.63. The van der Waals surface area contributed by atoms with Gasteiger partial charge in [-0.3, -0.25) is 0 Å². The van der Waals surface area contributed by atoms with E-state index in [1.807, 2.05) is 17.5 Å². The molecular weight excluding hydrogens is 349 g/mol. The number of hydrogen-bond donors (Lipinski definition) is 0. The van der Waals surface area contributed by atoms with Crippen molar-refractivity contribution in [1.29, 1.82) is 0 Å². The highest BCUT2D eigenvalue weighted by Crippen LogP contribution is 2.29. The summed E-state index contributed by atoms with van der Waals surface area (Å²) in [6.45, 7) is 0. The normalized spacial score (nSPS) is 11.6. The van der Waals surface area contributed by atoms with Crippen LogP contribution in [0.15, 0.2) is 51.4 Å². The molecule has 9 heteroatoms. The van der Waals surface area contributed by atoms with Crippen molar-refractivity contribution in [2.45, 2.75) is 17.3 Å². The van der Waals surface area contributed by atoms with Gasteiger partial charge in [-0.05, 0) is 29.1 Å². The van der Waals surface area contributed by atoms with E-state index in [1.54, 1.807) is 12.1 Å². The van der Waals surface area contributed by atoms with Crippen LogP contribution in [-0.4, -0.2) is 16.6 Å². The van der Waals surface area contributed by atoms with Crippen molar-refractivity contribution in [3.63, 3.8) is 0 Å². The molecule has 3 rings (SSSR count). The van der Waals surface area contributed by atoms with Crippen LogP contribution in [0.5, 0.6) is 5.75 Å². The zero-order chi connectivity index (χ0) is 16.3. The Morgan fingerprint density at radius 3 is 2.57 bits per heavy atom. The van der Waals surface area contributed by atoms with Gasteiger partial charge in [0.1, 0.15) is 5.75 Å². The van der Waals surface area contributed by atoms with Gasteiger partial charge in [0.05, 0.1) is 4.88 Å². The third-order valence-corrected chi connectivity index (χ3v) is 4.41. The van der Waals surface area contributed by atoms with Gasteiger partial charge in [-0.15, -0.1) is 34.7 Å². The fraction of sp³-hybridized carbons (Fsp3) is 0.143. The molecule has 0 N–H and O–H groups in total. The lowest BCUT2D eigenvalue weighted by Crippen LogP contribution is -2.16. The Labute approximate surface area is 137 Å². The van der Waals surface area contributed by atoms with Gasteiger partial charge in [-0.25, -0.2) is 0 Å². The quantitative estimate of drug-likeness (QED) is 0.602. The van der Waals surface area contributed by atoms with Crippen molar-refractivity contribution >= 4 is 23.1 Å². The first-order valence-electron chi connectivity index (χ1n) is 6.34. The number of halogens is 3. The molecule has 0 spiro atoms. The van der Waals surface area contributed by atoms with Crippen molar-refractivity contribution in [2.75, 3.05) is 0 Å². The third kappa shape index (κ3) is 4.49. The molecule has 0 amide bonds. The molecule has 3 aromatic rings. The summed E-state index contributed by atoms with van der Waals surface area (Å²) in [6.07, 6.45) is -4.68. The Kier molecular flexibility index (Phi) is 4.58. The molecule has 0 saturated heterocycles. The van der Waals surface area contributed by atoms with Crippen LogP contribution in [-0.2, 0) is 5.75 Å². The molecule has 0 aliphatic carbocycles. The largest absolute Gasteiger partial charge is 0.573 e. The van der Waals surface area contributed by atoms with Crippen molar-refractivity contribution in [3.8, 4) is 16.5 Å². The standard InChI is InChI=1S/C14H9F3N2O2S2/c15-14(16,17)21-10-5-3-9(4-6-10)8-23-13-19-18-12(20-13)11-2-1-7-22-11/h1-7H,8H2. The zero-order valence-corrected chi connectivity index (χ0v) is 13.0. The van der Waals surface area contributed by atoms with Gasteiger partial charge in [0.2, 0.25) is 0 Å². The first-order chi connectivity index (χ1) is 11.0. The predicted molar refractivity (Wildman–Crippen MR) is 80.3 cm³/mol. The molecule has 2 heterocycles. The first-order valence-corrected chi connectivity index (χ1v) is 8.21. The van der Waals surface area contributed by atoms with Crippen molar-refractivity contribution in [1.82, 2.24) is 10.2 Å². The number of thioether (sulfide) groups is 1. The van der Waals surface area contributed by atoms with E-state index in [-0.39, 0.29) is 5.75 Å². The molecule has 0 unspecified atom stereocenters. The number of hydrogen-bond acceptors (Lipinski definition) is 6. The summed E-state index contributed by atoms with van der Waals surface area (Å²) in [6, 6.07) is 9.44. The van der Waals surface area contributed by atoms with Crippen molar-refractivity contribution < 1.29 is 22.3 Å². The number of benzene rings is 1. The average molecular weight is 358 g/mol. The van der Waals surface area contributed by atoms with E-state index < -0.39 is 6.36 Å². The lowest BCUT2D eigenvalue weighted by molar-refractivity contribution is -0.274. The second-order valence-corrected chi connectivity index (χ2v) is 6.21. The smallest absolute Gasteiger partial charge is 0.410 e. The van der Waals surface area contributed by atoms with Crippen LogP contribution in [0.25, 0.3) is 10.8 Å². The molecule has 1 aromatic carbocycles. The molecule has 0 saturated carbocycles. The van der Waals surface area contributed by atoms with E-state index in [2.05, 4.69) is 14.9 Å². The van der Waals surface area contributed by atoms with Crippen molar-refractivity contribution in [3.05, 3.63) is 47.3 Å². The maximum atomic E-state index is 12.1. The Morgan fingerprint density at radius 2 is 1.91 bits per heavy atom. The number of nitrogens with zero attached hydrogens (tertiary/aromatic N) is 2. The summed E-state index contributed by atoms with van der Waals surface area (Å²) in [7, 11) is 0. The van der Waals surface area contributed by atoms with Crippen LogP contribution in [0.1, 0.15) is 5.56 Å². The molecule has 4 nitrogen and oxygen atoms in total. The molecule has 0 atom stereocenters. The van der Waals surface area contributed by atoms with E-state index in [4.69, 9.17) is 4.42 Å². The van der Waals surface area contributed by atoms with Crippen LogP contribution in [0, 0.1) is 0 Å². The number of rotatable bonds is 5. The summed E-state index contributed by atoms with van der Waals surface area (Å²) in [5, 5.41) is 10.2. The van der Waals surface area contributed by atoms with Crippen LogP contribution in [0.2, 0.25) is 0 Å². The molecule has 23 heavy (non-hydrogen) atoms.